The molecule has 1 saturated heterocycles. The van der Waals surface area contributed by atoms with Gasteiger partial charge >= 0.3 is 5.97 Å². The zero-order chi connectivity index (χ0) is 12.7. The lowest BCUT2D eigenvalue weighted by molar-refractivity contribution is -0.141. The van der Waals surface area contributed by atoms with Crippen LogP contribution in [0.15, 0.2) is 6.07 Å². The third-order valence-electron chi connectivity index (χ3n) is 3.66. The Morgan fingerprint density at radius 1 is 1.37 bits per heavy atom. The Hall–Kier alpha value is -1.56. The lowest BCUT2D eigenvalue weighted by Crippen LogP contribution is -2.30. The molecule has 1 aliphatic heterocycles. The minimum Gasteiger partial charge on any atom is -0.481 e. The van der Waals surface area contributed by atoms with Gasteiger partial charge in [-0.05, 0) is 25.3 Å². The van der Waals surface area contributed by atoms with E-state index in [9.17, 15) is 9.59 Å². The van der Waals surface area contributed by atoms with Gasteiger partial charge in [0.1, 0.15) is 5.69 Å². The summed E-state index contributed by atoms with van der Waals surface area (Å²) in [5, 5.41) is 15.8. The number of H-pyrrole nitrogens is 1. The first kappa shape index (κ1) is 13.9. The zero-order valence-electron chi connectivity index (χ0n) is 10.3. The van der Waals surface area contributed by atoms with Gasteiger partial charge in [-0.15, -0.1) is 12.4 Å². The maximum atomic E-state index is 12.1. The van der Waals surface area contributed by atoms with Crippen LogP contribution in [0.25, 0.3) is 0 Å². The number of carbonyl (C=O) groups excluding carboxylic acids is 1. The summed E-state index contributed by atoms with van der Waals surface area (Å²) in [7, 11) is 0. The summed E-state index contributed by atoms with van der Waals surface area (Å²) in [6, 6.07) is 1.80. The number of carbonyl (C=O) groups is 2. The van der Waals surface area contributed by atoms with Crippen LogP contribution in [0.3, 0.4) is 0 Å². The van der Waals surface area contributed by atoms with Crippen molar-refractivity contribution < 1.29 is 14.7 Å². The van der Waals surface area contributed by atoms with E-state index in [1.54, 1.807) is 11.0 Å². The molecular weight excluding hydrogens is 270 g/mol. The molecule has 104 valence electrons. The molecule has 1 unspecified atom stereocenters. The second-order valence-corrected chi connectivity index (χ2v) is 5.06. The van der Waals surface area contributed by atoms with Crippen LogP contribution in [0.2, 0.25) is 0 Å². The highest BCUT2D eigenvalue weighted by molar-refractivity contribution is 5.93. The number of carboxylic acid groups (broad SMARTS) is 1. The van der Waals surface area contributed by atoms with E-state index in [0.29, 0.717) is 31.1 Å². The monoisotopic (exact) mass is 285 g/mol. The van der Waals surface area contributed by atoms with Crippen LogP contribution >= 0.6 is 12.4 Å². The summed E-state index contributed by atoms with van der Waals surface area (Å²) in [4.78, 5) is 24.5. The van der Waals surface area contributed by atoms with E-state index in [2.05, 4.69) is 10.2 Å². The van der Waals surface area contributed by atoms with Crippen LogP contribution in [0, 0.1) is 5.92 Å². The van der Waals surface area contributed by atoms with E-state index in [0.717, 1.165) is 18.5 Å². The Labute approximate surface area is 116 Å². The van der Waals surface area contributed by atoms with Gasteiger partial charge in [0.25, 0.3) is 5.91 Å². The average Bonchev–Trinajstić information content (AvgIpc) is 2.92. The van der Waals surface area contributed by atoms with Crippen LogP contribution in [0.1, 0.15) is 41.4 Å². The van der Waals surface area contributed by atoms with Gasteiger partial charge in [0.15, 0.2) is 0 Å². The number of aromatic nitrogens is 2. The van der Waals surface area contributed by atoms with Crippen molar-refractivity contribution >= 4 is 24.3 Å². The Bertz CT molecular complexity index is 498. The lowest BCUT2D eigenvalue weighted by Gasteiger charge is -2.13. The first-order valence-electron chi connectivity index (χ1n) is 6.22. The fourth-order valence-corrected chi connectivity index (χ4v) is 2.36. The normalized spacial score (nSPS) is 22.1. The molecule has 2 heterocycles. The van der Waals surface area contributed by atoms with E-state index >= 15 is 0 Å². The number of hydrogen-bond acceptors (Lipinski definition) is 3. The summed E-state index contributed by atoms with van der Waals surface area (Å²) < 4.78 is 0. The molecule has 1 aromatic heterocycles. The topological polar surface area (TPSA) is 86.3 Å². The second kappa shape index (κ2) is 5.21. The predicted molar refractivity (Wildman–Crippen MR) is 69.5 cm³/mol. The maximum Gasteiger partial charge on any atom is 0.308 e. The van der Waals surface area contributed by atoms with E-state index in [4.69, 9.17) is 5.11 Å². The third kappa shape index (κ3) is 2.73. The molecule has 2 N–H and O–H groups in total. The quantitative estimate of drug-likeness (QED) is 0.875. The van der Waals surface area contributed by atoms with Gasteiger partial charge in [0.05, 0.1) is 5.92 Å². The average molecular weight is 286 g/mol. The standard InChI is InChI=1S/C12H15N3O3.ClH/c16-11(15-4-3-8(6-15)12(17)18)10-5-9(13-14-10)7-1-2-7;/h5,7-8H,1-4,6H2,(H,13,14)(H,17,18);1H. The van der Waals surface area contributed by atoms with Crippen molar-refractivity contribution in [2.45, 2.75) is 25.2 Å². The second-order valence-electron chi connectivity index (χ2n) is 5.06. The molecule has 1 aromatic rings. The number of rotatable bonds is 3. The fraction of sp³-hybridized carbons (Fsp3) is 0.583. The Kier molecular flexibility index (Phi) is 3.80. The summed E-state index contributed by atoms with van der Waals surface area (Å²) >= 11 is 0. The van der Waals surface area contributed by atoms with E-state index < -0.39 is 11.9 Å². The Balaban J connectivity index is 0.00000133. The summed E-state index contributed by atoms with van der Waals surface area (Å²) in [6.45, 7) is 0.793. The Morgan fingerprint density at radius 2 is 2.11 bits per heavy atom. The van der Waals surface area contributed by atoms with Gasteiger partial charge in [-0.2, -0.15) is 5.10 Å². The van der Waals surface area contributed by atoms with Gasteiger partial charge in [-0.1, -0.05) is 0 Å². The molecule has 0 aromatic carbocycles. The van der Waals surface area contributed by atoms with Crippen molar-refractivity contribution in [1.29, 1.82) is 0 Å². The van der Waals surface area contributed by atoms with Crippen molar-refractivity contribution in [2.24, 2.45) is 5.92 Å². The number of aliphatic carboxylic acids is 1. The first-order chi connectivity index (χ1) is 8.65. The summed E-state index contributed by atoms with van der Waals surface area (Å²) in [6.07, 6.45) is 2.84. The fourth-order valence-electron chi connectivity index (χ4n) is 2.36. The molecule has 0 bridgehead atoms. The maximum absolute atomic E-state index is 12.1. The van der Waals surface area contributed by atoms with E-state index in [1.807, 2.05) is 0 Å². The summed E-state index contributed by atoms with van der Waals surface area (Å²) in [5.41, 5.74) is 1.43. The zero-order valence-corrected chi connectivity index (χ0v) is 11.2. The molecule has 2 fully saturated rings. The number of nitrogens with one attached hydrogen (secondary N) is 1. The molecule has 1 aliphatic carbocycles. The molecule has 19 heavy (non-hydrogen) atoms. The van der Waals surface area contributed by atoms with Gasteiger partial charge in [0.2, 0.25) is 0 Å². The highest BCUT2D eigenvalue weighted by atomic mass is 35.5. The van der Waals surface area contributed by atoms with Crippen molar-refractivity contribution in [3.05, 3.63) is 17.5 Å². The highest BCUT2D eigenvalue weighted by Crippen LogP contribution is 2.39. The SMILES string of the molecule is Cl.O=C(O)C1CCN(C(=O)c2cc(C3CC3)[nH]n2)C1. The first-order valence-corrected chi connectivity index (χ1v) is 6.22. The number of hydrogen-bond donors (Lipinski definition) is 2. The lowest BCUT2D eigenvalue weighted by atomic mass is 10.1. The molecule has 1 saturated carbocycles. The van der Waals surface area contributed by atoms with E-state index in [1.165, 1.54) is 0 Å². The molecule has 7 heteroatoms. The molecular formula is C12H16ClN3O3. The number of nitrogens with zero attached hydrogens (tertiary/aromatic N) is 2. The smallest absolute Gasteiger partial charge is 0.308 e. The minimum absolute atomic E-state index is 0. The number of amides is 1. The molecule has 0 spiro atoms. The van der Waals surface area contributed by atoms with Crippen molar-refractivity contribution in [1.82, 2.24) is 15.1 Å². The number of aromatic amines is 1. The van der Waals surface area contributed by atoms with E-state index in [-0.39, 0.29) is 18.3 Å². The third-order valence-corrected chi connectivity index (χ3v) is 3.66. The van der Waals surface area contributed by atoms with Crippen molar-refractivity contribution in [2.75, 3.05) is 13.1 Å². The minimum atomic E-state index is -0.828. The molecule has 1 atom stereocenters. The molecule has 0 radical (unpaired) electrons. The molecule has 1 amide bonds. The van der Waals surface area contributed by atoms with Crippen molar-refractivity contribution in [3.8, 4) is 0 Å². The Morgan fingerprint density at radius 3 is 2.68 bits per heavy atom. The molecule has 2 aliphatic rings. The molecule has 6 nitrogen and oxygen atoms in total. The van der Waals surface area contributed by atoms with Crippen LogP contribution in [-0.2, 0) is 4.79 Å². The number of carboxylic acids is 1. The van der Waals surface area contributed by atoms with Gasteiger partial charge in [-0.3, -0.25) is 14.7 Å². The van der Waals surface area contributed by atoms with Crippen LogP contribution in [-0.4, -0.2) is 45.2 Å². The molecule has 3 rings (SSSR count). The van der Waals surface area contributed by atoms with Gasteiger partial charge in [0, 0.05) is 24.7 Å². The largest absolute Gasteiger partial charge is 0.481 e. The van der Waals surface area contributed by atoms with Crippen molar-refractivity contribution in [3.63, 3.8) is 0 Å². The van der Waals surface area contributed by atoms with Gasteiger partial charge < -0.3 is 10.0 Å². The highest BCUT2D eigenvalue weighted by Gasteiger charge is 2.33. The number of halogens is 1. The van der Waals surface area contributed by atoms with Crippen LogP contribution < -0.4 is 0 Å². The van der Waals surface area contributed by atoms with Gasteiger partial charge in [-0.25, -0.2) is 0 Å². The number of likely N-dealkylation sites (tertiary alicyclic amines) is 1. The van der Waals surface area contributed by atoms with Crippen LogP contribution in [0.5, 0.6) is 0 Å². The van der Waals surface area contributed by atoms with Crippen LogP contribution in [0.4, 0.5) is 0 Å². The summed E-state index contributed by atoms with van der Waals surface area (Å²) in [5.74, 6) is -0.895. The predicted octanol–water partition coefficient (Wildman–Crippen LogP) is 1.26.